The van der Waals surface area contributed by atoms with Gasteiger partial charge in [-0.1, -0.05) is 64.5 Å². The lowest BCUT2D eigenvalue weighted by Crippen LogP contribution is -2.59. The number of phenols is 2. The number of aliphatic hydroxyl groups is 4. The molecule has 10 unspecified atom stereocenters. The Morgan fingerprint density at radius 1 is 0.981 bits per heavy atom. The summed E-state index contributed by atoms with van der Waals surface area (Å²) in [5, 5.41) is 68.5. The molecule has 2 heterocycles. The molecule has 302 valence electrons. The van der Waals surface area contributed by atoms with Crippen molar-refractivity contribution in [1.82, 2.24) is 10.2 Å². The van der Waals surface area contributed by atoms with Crippen LogP contribution in [0, 0.1) is 0 Å². The maximum absolute atomic E-state index is 13.9. The molecule has 2 aromatic carbocycles. The number of carbonyl (C=O) groups is 2. The van der Waals surface area contributed by atoms with Crippen LogP contribution in [0.3, 0.4) is 0 Å². The largest absolute Gasteiger partial charge is 0.507 e. The van der Waals surface area contributed by atoms with Gasteiger partial charge in [0.25, 0.3) is 5.91 Å². The van der Waals surface area contributed by atoms with Gasteiger partial charge in [-0.15, -0.1) is 0 Å². The number of benzene rings is 2. The molecule has 2 aliphatic heterocycles. The van der Waals surface area contributed by atoms with Crippen molar-refractivity contribution in [2.24, 2.45) is 0 Å². The molecule has 0 saturated carbocycles. The zero-order chi connectivity index (χ0) is 39.5. The zero-order valence-corrected chi connectivity index (χ0v) is 32.1. The van der Waals surface area contributed by atoms with E-state index in [9.17, 15) is 40.2 Å². The molecule has 14 nitrogen and oxygen atoms in total. The van der Waals surface area contributed by atoms with Gasteiger partial charge in [0.1, 0.15) is 54.9 Å². The van der Waals surface area contributed by atoms with Crippen molar-refractivity contribution in [3.8, 4) is 22.6 Å². The van der Waals surface area contributed by atoms with Crippen LogP contribution in [0.5, 0.6) is 11.5 Å². The number of aliphatic hydroxyl groups excluding tert-OH is 4. The number of aromatic hydroxyl groups is 2. The summed E-state index contributed by atoms with van der Waals surface area (Å²) in [6.45, 7) is 6.19. The van der Waals surface area contributed by atoms with Crippen molar-refractivity contribution in [2.45, 2.75) is 140 Å². The number of rotatable bonds is 20. The van der Waals surface area contributed by atoms with E-state index in [0.29, 0.717) is 16.7 Å². The molecule has 4 rings (SSSR count). The molecule has 7 N–H and O–H groups in total. The van der Waals surface area contributed by atoms with E-state index < -0.39 is 73.4 Å². The molecule has 2 aromatic rings. The number of ether oxygens (including phenoxy) is 4. The van der Waals surface area contributed by atoms with Crippen molar-refractivity contribution >= 4 is 11.8 Å². The Morgan fingerprint density at radius 2 is 1.63 bits per heavy atom. The third-order valence-corrected chi connectivity index (χ3v) is 10.6. The summed E-state index contributed by atoms with van der Waals surface area (Å²) in [5.74, 6) is -1.07. The van der Waals surface area contributed by atoms with Crippen molar-refractivity contribution < 1.29 is 59.2 Å². The second kappa shape index (κ2) is 20.5. The average Bonchev–Trinajstić information content (AvgIpc) is 3.62. The standard InChI is InChI=1S/C40H60N2O12/c1-6-7-8-9-10-11-12-23(2)27-14-16-31(46)29(20-27)28-19-26(13-15-30(28)45)17-18-42-39(50)34(48)37-38(53-22-52-37)35(49)40(42)54-36(24(3)41-25(4)44)33(47)32(21-43)51-5/h13-16,19-20,23-24,32-38,40,43,45-49H,6-12,17-18,21-22H2,1-5H3,(H,41,44). The lowest BCUT2D eigenvalue weighted by molar-refractivity contribution is -0.213. The molecule has 2 aliphatic rings. The highest BCUT2D eigenvalue weighted by molar-refractivity contribution is 5.82. The monoisotopic (exact) mass is 760 g/mol. The van der Waals surface area contributed by atoms with Gasteiger partial charge < -0.3 is 59.8 Å². The number of phenolic OH excluding ortho intramolecular Hbond substituents is 2. The fourth-order valence-electron chi connectivity index (χ4n) is 7.39. The van der Waals surface area contributed by atoms with E-state index >= 15 is 0 Å². The molecule has 0 spiro atoms. The van der Waals surface area contributed by atoms with Crippen LogP contribution in [0.25, 0.3) is 11.1 Å². The van der Waals surface area contributed by atoms with Crippen LogP contribution < -0.4 is 5.32 Å². The number of methoxy groups -OCH3 is 1. The van der Waals surface area contributed by atoms with E-state index in [2.05, 4.69) is 19.2 Å². The number of fused-ring (bicyclic) bond motifs is 1. The lowest BCUT2D eigenvalue weighted by Gasteiger charge is -2.40. The third-order valence-electron chi connectivity index (χ3n) is 10.6. The minimum absolute atomic E-state index is 0.00189. The van der Waals surface area contributed by atoms with Crippen LogP contribution >= 0.6 is 0 Å². The molecule has 54 heavy (non-hydrogen) atoms. The molecule has 0 bridgehead atoms. The van der Waals surface area contributed by atoms with E-state index in [4.69, 9.17) is 18.9 Å². The molecule has 2 amide bonds. The number of amides is 2. The van der Waals surface area contributed by atoms with Gasteiger partial charge in [0.15, 0.2) is 12.3 Å². The minimum Gasteiger partial charge on any atom is -0.507 e. The smallest absolute Gasteiger partial charge is 0.256 e. The van der Waals surface area contributed by atoms with Gasteiger partial charge in [0.2, 0.25) is 5.91 Å². The first-order chi connectivity index (χ1) is 25.8. The van der Waals surface area contributed by atoms with Gasteiger partial charge in [-0.25, -0.2) is 0 Å². The number of hydrogen-bond donors (Lipinski definition) is 7. The number of carbonyl (C=O) groups excluding carboxylic acids is 2. The van der Waals surface area contributed by atoms with Gasteiger partial charge in [-0.05, 0) is 61.1 Å². The van der Waals surface area contributed by atoms with Crippen LogP contribution in [0.15, 0.2) is 36.4 Å². The Balaban J connectivity index is 1.61. The Hall–Kier alpha value is -3.34. The Morgan fingerprint density at radius 3 is 2.30 bits per heavy atom. The fourth-order valence-corrected chi connectivity index (χ4v) is 7.39. The summed E-state index contributed by atoms with van der Waals surface area (Å²) in [5.41, 5.74) is 2.55. The first-order valence-electron chi connectivity index (χ1n) is 19.1. The molecule has 10 atom stereocenters. The van der Waals surface area contributed by atoms with E-state index in [0.717, 1.165) is 23.3 Å². The first kappa shape index (κ1) is 43.4. The lowest BCUT2D eigenvalue weighted by atomic mass is 9.91. The van der Waals surface area contributed by atoms with E-state index in [1.807, 2.05) is 12.1 Å². The number of nitrogens with zero attached hydrogens (tertiary/aromatic N) is 1. The second-order valence-electron chi connectivity index (χ2n) is 14.6. The molecular weight excluding hydrogens is 700 g/mol. The number of likely N-dealkylation sites (tertiary alicyclic amines) is 1. The number of nitrogens with one attached hydrogen (secondary N) is 1. The van der Waals surface area contributed by atoms with Gasteiger partial charge in [0, 0.05) is 31.7 Å². The molecule has 2 saturated heterocycles. The van der Waals surface area contributed by atoms with Crippen molar-refractivity contribution in [3.63, 3.8) is 0 Å². The van der Waals surface area contributed by atoms with Gasteiger partial charge in [0.05, 0.1) is 12.6 Å². The summed E-state index contributed by atoms with van der Waals surface area (Å²) >= 11 is 0. The zero-order valence-electron chi connectivity index (χ0n) is 32.1. The minimum atomic E-state index is -1.73. The van der Waals surface area contributed by atoms with E-state index in [1.54, 1.807) is 25.1 Å². The highest BCUT2D eigenvalue weighted by atomic mass is 16.7. The topological polar surface area (TPSA) is 208 Å². The van der Waals surface area contributed by atoms with Crippen LogP contribution in [0.2, 0.25) is 0 Å². The van der Waals surface area contributed by atoms with Gasteiger partial charge in [-0.3, -0.25) is 9.59 Å². The molecule has 2 fully saturated rings. The van der Waals surface area contributed by atoms with Crippen molar-refractivity contribution in [3.05, 3.63) is 47.5 Å². The Kier molecular flexibility index (Phi) is 16.5. The summed E-state index contributed by atoms with van der Waals surface area (Å²) < 4.78 is 22.6. The van der Waals surface area contributed by atoms with E-state index in [-0.39, 0.29) is 37.2 Å². The predicted molar refractivity (Wildman–Crippen MR) is 199 cm³/mol. The third kappa shape index (κ3) is 10.7. The molecule has 0 aromatic heterocycles. The average molecular weight is 761 g/mol. The van der Waals surface area contributed by atoms with Gasteiger partial charge >= 0.3 is 0 Å². The highest BCUT2D eigenvalue weighted by Crippen LogP contribution is 2.39. The highest BCUT2D eigenvalue weighted by Gasteiger charge is 2.53. The van der Waals surface area contributed by atoms with Crippen LogP contribution in [0.1, 0.15) is 89.7 Å². The number of unbranched alkanes of at least 4 members (excludes halogenated alkanes) is 5. The maximum atomic E-state index is 13.9. The molecule has 14 heteroatoms. The first-order valence-corrected chi connectivity index (χ1v) is 19.1. The fraction of sp³-hybridized carbons (Fsp3) is 0.650. The molecule has 0 radical (unpaired) electrons. The second-order valence-corrected chi connectivity index (χ2v) is 14.6. The Bertz CT molecular complexity index is 1510. The maximum Gasteiger partial charge on any atom is 0.256 e. The van der Waals surface area contributed by atoms with Crippen LogP contribution in [-0.2, 0) is 35.0 Å². The van der Waals surface area contributed by atoms with Crippen molar-refractivity contribution in [2.75, 3.05) is 27.1 Å². The quantitative estimate of drug-likeness (QED) is 0.0973. The van der Waals surface area contributed by atoms with Crippen molar-refractivity contribution in [1.29, 1.82) is 0 Å². The predicted octanol–water partition coefficient (Wildman–Crippen LogP) is 3.07. The van der Waals surface area contributed by atoms with E-state index in [1.165, 1.54) is 52.2 Å². The SMILES string of the molecule is CCCCCCCCC(C)c1ccc(O)c(-c2cc(CCN3C(=O)C(O)C4OCOC4C(O)C3OC(C(C)NC(C)=O)C(O)C(CO)OC)ccc2O)c1. The van der Waals surface area contributed by atoms with Crippen LogP contribution in [-0.4, -0.2) is 129 Å². The number of hydrogen-bond acceptors (Lipinski definition) is 12. The summed E-state index contributed by atoms with van der Waals surface area (Å²) in [6.07, 6.45) is -2.88. The van der Waals surface area contributed by atoms with Crippen LogP contribution in [0.4, 0.5) is 0 Å². The molecular formula is C40H60N2O12. The summed E-state index contributed by atoms with van der Waals surface area (Å²) in [4.78, 5) is 27.1. The normalized spacial score (nSPS) is 24.4. The Labute approximate surface area is 318 Å². The van der Waals surface area contributed by atoms with Gasteiger partial charge in [-0.2, -0.15) is 0 Å². The summed E-state index contributed by atoms with van der Waals surface area (Å²) in [6, 6.07) is 9.42. The molecule has 0 aliphatic carbocycles. The summed E-state index contributed by atoms with van der Waals surface area (Å²) in [7, 11) is 1.28.